The summed E-state index contributed by atoms with van der Waals surface area (Å²) < 4.78 is -0.435. The van der Waals surface area contributed by atoms with Gasteiger partial charge in [0.2, 0.25) is 0 Å². The number of carbonyl (C=O) groups excluding carboxylic acids is 1. The van der Waals surface area contributed by atoms with Crippen LogP contribution in [-0.4, -0.2) is 10.5 Å². The van der Waals surface area contributed by atoms with E-state index < -0.39 is 4.75 Å². The molecule has 0 atom stereocenters. The molecule has 0 fully saturated rings. The Morgan fingerprint density at radius 1 is 1.50 bits per heavy atom. The summed E-state index contributed by atoms with van der Waals surface area (Å²) >= 11 is 0. The number of Topliss-reactive ketones (excluding diaryl/α,β-unsaturated/α-hetero) is 1. The smallest absolute Gasteiger partial charge is 0.152 e. The number of carbonyl (C=O) groups is 1. The van der Waals surface area contributed by atoms with Crippen LogP contribution in [0.1, 0.15) is 27.7 Å². The maximum Gasteiger partial charge on any atom is 0.152 e. The summed E-state index contributed by atoms with van der Waals surface area (Å²) in [4.78, 5) is 11.3. The van der Waals surface area contributed by atoms with Crippen LogP contribution in [0, 0.1) is 5.92 Å². The lowest BCUT2D eigenvalue weighted by atomic mass is 9.98. The van der Waals surface area contributed by atoms with E-state index in [9.17, 15) is 4.79 Å². The fourth-order valence-electron chi connectivity index (χ4n) is 0.733. The Bertz CT molecular complexity index is 132. The minimum atomic E-state index is -0.435. The molecule has 0 amide bonds. The van der Waals surface area contributed by atoms with Gasteiger partial charge in [-0.15, -0.1) is 0 Å². The molecule has 0 radical (unpaired) electrons. The Labute approximate surface area is 71.0 Å². The van der Waals surface area contributed by atoms with Crippen molar-refractivity contribution in [3.63, 3.8) is 0 Å². The van der Waals surface area contributed by atoms with Crippen LogP contribution < -0.4 is 0 Å². The SMILES string of the molecule is CC(C)C(=O)C(C)(C)SCl. The van der Waals surface area contributed by atoms with E-state index >= 15 is 0 Å². The highest BCUT2D eigenvalue weighted by Crippen LogP contribution is 2.30. The van der Waals surface area contributed by atoms with E-state index in [1.807, 2.05) is 27.7 Å². The van der Waals surface area contributed by atoms with Gasteiger partial charge < -0.3 is 0 Å². The summed E-state index contributed by atoms with van der Waals surface area (Å²) in [5.74, 6) is 0.272. The third-order valence-electron chi connectivity index (χ3n) is 1.31. The molecule has 0 bridgehead atoms. The predicted octanol–water partition coefficient (Wildman–Crippen LogP) is 2.88. The van der Waals surface area contributed by atoms with Gasteiger partial charge in [-0.05, 0) is 35.5 Å². The van der Waals surface area contributed by atoms with Gasteiger partial charge in [-0.2, -0.15) is 0 Å². The molecule has 0 aliphatic carbocycles. The Morgan fingerprint density at radius 2 is 1.90 bits per heavy atom. The fourth-order valence-corrected chi connectivity index (χ4v) is 1.27. The lowest BCUT2D eigenvalue weighted by Gasteiger charge is -2.20. The molecule has 0 rings (SSSR count). The summed E-state index contributed by atoms with van der Waals surface area (Å²) in [6.45, 7) is 7.45. The lowest BCUT2D eigenvalue weighted by Crippen LogP contribution is -2.30. The van der Waals surface area contributed by atoms with Crippen LogP contribution >= 0.6 is 21.7 Å². The van der Waals surface area contributed by atoms with Crippen molar-refractivity contribution < 1.29 is 4.79 Å². The van der Waals surface area contributed by atoms with E-state index in [0.717, 1.165) is 11.0 Å². The van der Waals surface area contributed by atoms with Gasteiger partial charge in [-0.1, -0.05) is 13.8 Å². The molecule has 0 spiro atoms. The molecule has 0 unspecified atom stereocenters. The van der Waals surface area contributed by atoms with Crippen molar-refractivity contribution in [2.24, 2.45) is 5.92 Å². The summed E-state index contributed by atoms with van der Waals surface area (Å²) in [6, 6.07) is 0. The fraction of sp³-hybridized carbons (Fsp3) is 0.857. The van der Waals surface area contributed by atoms with Crippen LogP contribution in [0.3, 0.4) is 0 Å². The first-order valence-electron chi connectivity index (χ1n) is 3.26. The van der Waals surface area contributed by atoms with E-state index in [-0.39, 0.29) is 11.7 Å². The van der Waals surface area contributed by atoms with Crippen molar-refractivity contribution in [1.82, 2.24) is 0 Å². The Balaban J connectivity index is 4.19. The average Bonchev–Trinajstić information content (AvgIpc) is 1.86. The second-order valence-corrected chi connectivity index (χ2v) is 4.74. The number of rotatable bonds is 3. The predicted molar refractivity (Wildman–Crippen MR) is 47.4 cm³/mol. The number of halogens is 1. The number of hydrogen-bond acceptors (Lipinski definition) is 2. The van der Waals surface area contributed by atoms with Crippen molar-refractivity contribution in [1.29, 1.82) is 0 Å². The zero-order valence-corrected chi connectivity index (χ0v) is 8.34. The molecule has 0 saturated carbocycles. The molecule has 1 nitrogen and oxygen atoms in total. The van der Waals surface area contributed by atoms with Crippen LogP contribution in [-0.2, 0) is 4.79 Å². The molecule has 0 heterocycles. The topological polar surface area (TPSA) is 17.1 Å². The van der Waals surface area contributed by atoms with Crippen LogP contribution in [0.2, 0.25) is 0 Å². The minimum absolute atomic E-state index is 0.0706. The number of hydrogen-bond donors (Lipinski definition) is 0. The van der Waals surface area contributed by atoms with E-state index in [2.05, 4.69) is 0 Å². The second-order valence-electron chi connectivity index (χ2n) is 3.11. The molecular formula is C7H13ClOS. The average molecular weight is 181 g/mol. The van der Waals surface area contributed by atoms with Crippen molar-refractivity contribution in [3.05, 3.63) is 0 Å². The monoisotopic (exact) mass is 180 g/mol. The van der Waals surface area contributed by atoms with E-state index in [1.165, 1.54) is 0 Å². The molecule has 0 N–H and O–H groups in total. The van der Waals surface area contributed by atoms with Crippen LogP contribution in [0.15, 0.2) is 0 Å². The Morgan fingerprint density at radius 3 is 2.00 bits per heavy atom. The normalized spacial score (nSPS) is 12.2. The van der Waals surface area contributed by atoms with E-state index in [4.69, 9.17) is 10.7 Å². The third-order valence-corrected chi connectivity index (χ3v) is 3.05. The van der Waals surface area contributed by atoms with E-state index in [0.29, 0.717) is 0 Å². The maximum absolute atomic E-state index is 11.3. The molecular weight excluding hydrogens is 168 g/mol. The first-order valence-corrected chi connectivity index (χ1v) is 4.90. The summed E-state index contributed by atoms with van der Waals surface area (Å²) in [7, 11) is 6.61. The Hall–Kier alpha value is 0.310. The summed E-state index contributed by atoms with van der Waals surface area (Å²) in [6.07, 6.45) is 0. The van der Waals surface area contributed by atoms with Gasteiger partial charge in [0, 0.05) is 5.92 Å². The first-order chi connectivity index (χ1) is 4.41. The highest BCUT2D eigenvalue weighted by atomic mass is 35.7. The van der Waals surface area contributed by atoms with Gasteiger partial charge in [-0.3, -0.25) is 4.79 Å². The highest BCUT2D eigenvalue weighted by Gasteiger charge is 2.29. The lowest BCUT2D eigenvalue weighted by molar-refractivity contribution is -0.123. The third kappa shape index (κ3) is 2.51. The zero-order chi connectivity index (χ0) is 8.36. The number of ketones is 1. The van der Waals surface area contributed by atoms with Crippen LogP contribution in [0.4, 0.5) is 0 Å². The minimum Gasteiger partial charge on any atom is -0.298 e. The molecule has 0 aliphatic rings. The maximum atomic E-state index is 11.3. The first kappa shape index (κ1) is 10.3. The van der Waals surface area contributed by atoms with Gasteiger partial charge in [0.25, 0.3) is 0 Å². The molecule has 10 heavy (non-hydrogen) atoms. The van der Waals surface area contributed by atoms with Crippen LogP contribution in [0.5, 0.6) is 0 Å². The molecule has 0 aromatic carbocycles. The molecule has 0 aromatic heterocycles. The van der Waals surface area contributed by atoms with Gasteiger partial charge in [-0.25, -0.2) is 0 Å². The van der Waals surface area contributed by atoms with Gasteiger partial charge in [0.15, 0.2) is 5.78 Å². The molecule has 0 aliphatic heterocycles. The van der Waals surface area contributed by atoms with Gasteiger partial charge >= 0.3 is 0 Å². The summed E-state index contributed by atoms with van der Waals surface area (Å²) in [5.41, 5.74) is 0. The van der Waals surface area contributed by atoms with Crippen molar-refractivity contribution in [2.45, 2.75) is 32.4 Å². The Kier molecular flexibility index (Phi) is 3.74. The van der Waals surface area contributed by atoms with Crippen molar-refractivity contribution >= 4 is 27.4 Å². The quantitative estimate of drug-likeness (QED) is 0.665. The highest BCUT2D eigenvalue weighted by molar-refractivity contribution is 8.22. The van der Waals surface area contributed by atoms with E-state index in [1.54, 1.807) is 0 Å². The molecule has 60 valence electrons. The largest absolute Gasteiger partial charge is 0.298 e. The second kappa shape index (κ2) is 3.63. The standard InChI is InChI=1S/C7H13ClOS/c1-5(2)6(9)7(3,4)10-8/h5H,1-4H3. The van der Waals surface area contributed by atoms with Gasteiger partial charge in [0.05, 0.1) is 4.75 Å². The molecule has 3 heteroatoms. The molecule has 0 saturated heterocycles. The van der Waals surface area contributed by atoms with Crippen molar-refractivity contribution in [3.8, 4) is 0 Å². The molecule has 0 aromatic rings. The van der Waals surface area contributed by atoms with Crippen LogP contribution in [0.25, 0.3) is 0 Å². The summed E-state index contributed by atoms with van der Waals surface area (Å²) in [5, 5.41) is 0. The zero-order valence-electron chi connectivity index (χ0n) is 6.77. The van der Waals surface area contributed by atoms with Gasteiger partial charge in [0.1, 0.15) is 0 Å². The van der Waals surface area contributed by atoms with Crippen molar-refractivity contribution in [2.75, 3.05) is 0 Å².